The Morgan fingerprint density at radius 1 is 1.12 bits per heavy atom. The molecule has 1 heterocycles. The summed E-state index contributed by atoms with van der Waals surface area (Å²) in [5.41, 5.74) is 3.24. The molecule has 2 aliphatic rings. The van der Waals surface area contributed by atoms with Crippen LogP contribution in [0, 0.1) is 5.41 Å². The zero-order valence-corrected chi connectivity index (χ0v) is 19.8. The van der Waals surface area contributed by atoms with Gasteiger partial charge in [-0.2, -0.15) is 0 Å². The summed E-state index contributed by atoms with van der Waals surface area (Å²) < 4.78 is 21.7. The van der Waals surface area contributed by atoms with Crippen LogP contribution in [0.15, 0.2) is 40.7 Å². The average molecular weight is 444 g/mol. The lowest BCUT2D eigenvalue weighted by molar-refractivity contribution is -0.140. The van der Waals surface area contributed by atoms with Gasteiger partial charge in [-0.1, -0.05) is 19.9 Å². The van der Waals surface area contributed by atoms with E-state index in [9.17, 15) is 9.59 Å². The van der Waals surface area contributed by atoms with E-state index in [1.165, 1.54) is 0 Å². The summed E-state index contributed by atoms with van der Waals surface area (Å²) in [6.45, 7) is 8.92. The number of nitrogens with one attached hydrogen (secondary N) is 1. The second-order valence-corrected chi connectivity index (χ2v) is 8.88. The van der Waals surface area contributed by atoms with Crippen molar-refractivity contribution in [3.63, 3.8) is 0 Å². The van der Waals surface area contributed by atoms with E-state index in [1.54, 1.807) is 20.3 Å². The number of esters is 1. The fourth-order valence-electron chi connectivity index (χ4n) is 4.49. The number of allylic oxidation sites excluding steroid dienone is 3. The maximum Gasteiger partial charge on any atom is 0.336 e. The topological polar surface area (TPSA) is 83.1 Å². The third-order valence-electron chi connectivity index (χ3n) is 5.87. The molecule has 1 unspecified atom stereocenters. The first-order chi connectivity index (χ1) is 15.2. The monoisotopic (exact) mass is 443 g/mol. The van der Waals surface area contributed by atoms with E-state index in [-0.39, 0.29) is 17.8 Å². The number of ketones is 1. The van der Waals surface area contributed by atoms with Crippen molar-refractivity contribution in [2.24, 2.45) is 5.41 Å². The number of methoxy groups -OCH3 is 2. The lowest BCUT2D eigenvalue weighted by Gasteiger charge is -2.39. The van der Waals surface area contributed by atoms with Crippen molar-refractivity contribution in [3.8, 4) is 11.5 Å². The molecule has 0 saturated carbocycles. The van der Waals surface area contributed by atoms with Crippen molar-refractivity contribution in [3.05, 3.63) is 46.3 Å². The molecule has 0 bridgehead atoms. The highest BCUT2D eigenvalue weighted by atomic mass is 16.6. The Bertz CT molecular complexity index is 959. The molecule has 1 aliphatic heterocycles. The lowest BCUT2D eigenvalue weighted by atomic mass is 9.68. The molecule has 1 aliphatic carbocycles. The first-order valence-corrected chi connectivity index (χ1v) is 10.9. The fraction of sp³-hybridized carbons (Fsp3) is 0.520. The number of carbonyl (C=O) groups is 2. The van der Waals surface area contributed by atoms with Gasteiger partial charge in [0.2, 0.25) is 0 Å². The van der Waals surface area contributed by atoms with E-state index in [0.29, 0.717) is 48.0 Å². The van der Waals surface area contributed by atoms with Gasteiger partial charge >= 0.3 is 5.97 Å². The molecule has 1 aromatic carbocycles. The van der Waals surface area contributed by atoms with Gasteiger partial charge in [0, 0.05) is 35.9 Å². The summed E-state index contributed by atoms with van der Waals surface area (Å²) in [6.07, 6.45) is 1.14. The van der Waals surface area contributed by atoms with Crippen LogP contribution in [0.3, 0.4) is 0 Å². The van der Waals surface area contributed by atoms with E-state index < -0.39 is 11.9 Å². The van der Waals surface area contributed by atoms with Crippen LogP contribution >= 0.6 is 0 Å². The first kappa shape index (κ1) is 23.9. The van der Waals surface area contributed by atoms with Crippen LogP contribution < -0.4 is 14.8 Å². The van der Waals surface area contributed by atoms with Gasteiger partial charge in [-0.05, 0) is 43.4 Å². The van der Waals surface area contributed by atoms with Crippen LogP contribution in [0.25, 0.3) is 0 Å². The molecule has 7 heteroatoms. The Morgan fingerprint density at radius 2 is 1.84 bits per heavy atom. The van der Waals surface area contributed by atoms with E-state index >= 15 is 0 Å². The second-order valence-electron chi connectivity index (χ2n) is 8.88. The molecule has 32 heavy (non-hydrogen) atoms. The van der Waals surface area contributed by atoms with E-state index in [1.807, 2.05) is 26.0 Å². The predicted molar refractivity (Wildman–Crippen MR) is 121 cm³/mol. The van der Waals surface area contributed by atoms with Gasteiger partial charge in [-0.15, -0.1) is 0 Å². The van der Waals surface area contributed by atoms with Crippen LogP contribution in [0.5, 0.6) is 11.5 Å². The summed E-state index contributed by atoms with van der Waals surface area (Å²) in [5, 5.41) is 3.34. The van der Waals surface area contributed by atoms with Crippen molar-refractivity contribution in [1.82, 2.24) is 5.32 Å². The number of carbonyl (C=O) groups excluding carboxylic acids is 2. The minimum atomic E-state index is -0.547. The predicted octanol–water partition coefficient (Wildman–Crippen LogP) is 3.89. The van der Waals surface area contributed by atoms with E-state index in [0.717, 1.165) is 17.7 Å². The van der Waals surface area contributed by atoms with Crippen molar-refractivity contribution >= 4 is 11.8 Å². The Hall–Kier alpha value is -2.80. The summed E-state index contributed by atoms with van der Waals surface area (Å²) in [5.74, 6) is 0.150. The number of Topliss-reactive ketones (excluding diaryl/α,β-unsaturated/α-hetero) is 1. The van der Waals surface area contributed by atoms with Crippen molar-refractivity contribution in [2.75, 3.05) is 34.0 Å². The summed E-state index contributed by atoms with van der Waals surface area (Å²) in [6, 6.07) is 5.49. The van der Waals surface area contributed by atoms with Crippen LogP contribution in [-0.2, 0) is 19.1 Å². The van der Waals surface area contributed by atoms with Crippen molar-refractivity contribution < 1.29 is 28.5 Å². The van der Waals surface area contributed by atoms with Crippen molar-refractivity contribution in [1.29, 1.82) is 0 Å². The van der Waals surface area contributed by atoms with E-state index in [4.69, 9.17) is 18.9 Å². The Balaban J connectivity index is 2.08. The largest absolute Gasteiger partial charge is 0.493 e. The molecule has 0 amide bonds. The van der Waals surface area contributed by atoms with Crippen LogP contribution in [-0.4, -0.2) is 45.8 Å². The van der Waals surface area contributed by atoms with Gasteiger partial charge in [0.1, 0.15) is 6.61 Å². The van der Waals surface area contributed by atoms with Crippen LogP contribution in [0.2, 0.25) is 0 Å². The molecule has 1 atom stereocenters. The molecular weight excluding hydrogens is 410 g/mol. The smallest absolute Gasteiger partial charge is 0.336 e. The molecule has 1 aromatic rings. The molecule has 3 rings (SSSR count). The molecular formula is C25H33NO6. The Morgan fingerprint density at radius 3 is 2.50 bits per heavy atom. The Kier molecular flexibility index (Phi) is 7.29. The lowest BCUT2D eigenvalue weighted by Crippen LogP contribution is -2.38. The maximum atomic E-state index is 13.3. The number of ether oxygens (including phenoxy) is 4. The summed E-state index contributed by atoms with van der Waals surface area (Å²) >= 11 is 0. The van der Waals surface area contributed by atoms with Gasteiger partial charge < -0.3 is 24.3 Å². The molecule has 0 fully saturated rings. The summed E-state index contributed by atoms with van der Waals surface area (Å²) in [7, 11) is 3.13. The zero-order chi connectivity index (χ0) is 23.5. The van der Waals surface area contributed by atoms with Gasteiger partial charge in [-0.25, -0.2) is 4.79 Å². The number of benzene rings is 1. The van der Waals surface area contributed by atoms with Gasteiger partial charge in [0.15, 0.2) is 17.3 Å². The summed E-state index contributed by atoms with van der Waals surface area (Å²) in [4.78, 5) is 26.5. The molecule has 0 spiro atoms. The fourth-order valence-corrected chi connectivity index (χ4v) is 4.49. The minimum absolute atomic E-state index is 0.0376. The van der Waals surface area contributed by atoms with Crippen LogP contribution in [0.1, 0.15) is 52.0 Å². The molecule has 1 N–H and O–H groups in total. The first-order valence-electron chi connectivity index (χ1n) is 10.9. The number of hydrogen-bond donors (Lipinski definition) is 1. The second kappa shape index (κ2) is 9.77. The third kappa shape index (κ3) is 4.83. The zero-order valence-electron chi connectivity index (χ0n) is 19.8. The quantitative estimate of drug-likeness (QED) is 0.482. The molecule has 174 valence electrons. The molecule has 7 nitrogen and oxygen atoms in total. The van der Waals surface area contributed by atoms with Gasteiger partial charge in [0.05, 0.1) is 26.4 Å². The van der Waals surface area contributed by atoms with Gasteiger partial charge in [0.25, 0.3) is 0 Å². The van der Waals surface area contributed by atoms with E-state index in [2.05, 4.69) is 19.2 Å². The maximum absolute atomic E-state index is 13.3. The standard InChI is InChI=1S/C25H33NO6/c1-7-31-10-11-32-24(28)21-15(2)26-17-13-25(3,4)14-18(27)23(17)22(21)16-8-9-19(29-5)20(12-16)30-6/h8-9,12,22,26H,7,10-11,13-14H2,1-6H3. The highest BCUT2D eigenvalue weighted by Crippen LogP contribution is 2.47. The number of rotatable bonds is 8. The molecule has 0 radical (unpaired) electrons. The third-order valence-corrected chi connectivity index (χ3v) is 5.87. The minimum Gasteiger partial charge on any atom is -0.493 e. The molecule has 0 saturated heterocycles. The normalized spacial score (nSPS) is 19.9. The molecule has 0 aromatic heterocycles. The van der Waals surface area contributed by atoms with Crippen molar-refractivity contribution in [2.45, 2.75) is 46.5 Å². The highest BCUT2D eigenvalue weighted by Gasteiger charge is 2.43. The SMILES string of the molecule is CCOCCOC(=O)C1=C(C)NC2=C(C(=O)CC(C)(C)C2)C1c1ccc(OC)c(OC)c1. The van der Waals surface area contributed by atoms with Crippen LogP contribution in [0.4, 0.5) is 0 Å². The highest BCUT2D eigenvalue weighted by molar-refractivity contribution is 6.04. The Labute approximate surface area is 189 Å². The average Bonchev–Trinajstić information content (AvgIpc) is 2.74. The number of dihydropyridines is 1. The number of hydrogen-bond acceptors (Lipinski definition) is 7. The van der Waals surface area contributed by atoms with Gasteiger partial charge in [-0.3, -0.25) is 4.79 Å².